The fourth-order valence-corrected chi connectivity index (χ4v) is 2.56. The van der Waals surface area contributed by atoms with Crippen LogP contribution in [0.1, 0.15) is 38.3 Å². The molecule has 1 saturated heterocycles. The normalized spacial score (nSPS) is 18.5. The van der Waals surface area contributed by atoms with Crippen molar-refractivity contribution >= 4 is 11.9 Å². The third kappa shape index (κ3) is 3.96. The molecule has 2 N–H and O–H groups in total. The molecule has 2 heterocycles. The van der Waals surface area contributed by atoms with Gasteiger partial charge in [0.05, 0.1) is 6.04 Å². The molecule has 3 amide bonds. The second-order valence-corrected chi connectivity index (χ2v) is 6.71. The fourth-order valence-electron chi connectivity index (χ4n) is 2.56. The number of pyridine rings is 1. The predicted octanol–water partition coefficient (Wildman–Crippen LogP) is 1.59. The summed E-state index contributed by atoms with van der Waals surface area (Å²) in [5, 5.41) is 5.70. The molecule has 1 aromatic rings. The number of hydrogen-bond donors (Lipinski definition) is 2. The summed E-state index contributed by atoms with van der Waals surface area (Å²) in [6.07, 6.45) is 3.84. The van der Waals surface area contributed by atoms with Crippen LogP contribution in [0.25, 0.3) is 0 Å². The van der Waals surface area contributed by atoms with Crippen LogP contribution in [0, 0.1) is 6.92 Å². The largest absolute Gasteiger partial charge is 0.336 e. The first-order chi connectivity index (χ1) is 10.3. The molecule has 22 heavy (non-hydrogen) atoms. The molecule has 0 radical (unpaired) electrons. The Labute approximate surface area is 131 Å². The van der Waals surface area contributed by atoms with Crippen LogP contribution in [-0.4, -0.2) is 39.9 Å². The summed E-state index contributed by atoms with van der Waals surface area (Å²) >= 11 is 0. The third-order valence-corrected chi connectivity index (χ3v) is 3.85. The number of carbonyl (C=O) groups is 2. The van der Waals surface area contributed by atoms with Crippen LogP contribution >= 0.6 is 0 Å². The average Bonchev–Trinajstić information content (AvgIpc) is 2.78. The van der Waals surface area contributed by atoms with Crippen molar-refractivity contribution in [2.45, 2.75) is 52.2 Å². The van der Waals surface area contributed by atoms with E-state index in [9.17, 15) is 9.59 Å². The first-order valence-corrected chi connectivity index (χ1v) is 7.51. The van der Waals surface area contributed by atoms with Gasteiger partial charge in [-0.1, -0.05) is 0 Å². The van der Waals surface area contributed by atoms with E-state index in [0.717, 1.165) is 11.1 Å². The lowest BCUT2D eigenvalue weighted by molar-refractivity contribution is -0.131. The SMILES string of the molecule is Cc1cnccc1CNC(=O)NC1CC(=O)N(C(C)(C)C)C1. The lowest BCUT2D eigenvalue weighted by atomic mass is 10.1. The lowest BCUT2D eigenvalue weighted by Crippen LogP contribution is -2.46. The smallest absolute Gasteiger partial charge is 0.315 e. The highest BCUT2D eigenvalue weighted by Crippen LogP contribution is 2.21. The second-order valence-electron chi connectivity index (χ2n) is 6.71. The van der Waals surface area contributed by atoms with Crippen LogP contribution < -0.4 is 10.6 Å². The zero-order valence-corrected chi connectivity index (χ0v) is 13.6. The van der Waals surface area contributed by atoms with Crippen LogP contribution in [0.3, 0.4) is 0 Å². The Morgan fingerprint density at radius 1 is 1.45 bits per heavy atom. The summed E-state index contributed by atoms with van der Waals surface area (Å²) in [6, 6.07) is 1.51. The number of nitrogens with one attached hydrogen (secondary N) is 2. The van der Waals surface area contributed by atoms with Gasteiger partial charge in [-0.25, -0.2) is 4.79 Å². The standard InChI is InChI=1S/C16H24N4O2/c1-11-8-17-6-5-12(11)9-18-15(22)19-13-7-14(21)20(10-13)16(2,3)4/h5-6,8,13H,7,9-10H2,1-4H3,(H2,18,19,22). The molecule has 2 rings (SSSR count). The van der Waals surface area contributed by atoms with E-state index in [4.69, 9.17) is 0 Å². The van der Waals surface area contributed by atoms with E-state index in [0.29, 0.717) is 19.5 Å². The van der Waals surface area contributed by atoms with Gasteiger partial charge in [0.2, 0.25) is 5.91 Å². The van der Waals surface area contributed by atoms with E-state index in [-0.39, 0.29) is 23.5 Å². The van der Waals surface area contributed by atoms with Gasteiger partial charge < -0.3 is 15.5 Å². The maximum atomic E-state index is 12.0. The minimum absolute atomic E-state index is 0.0859. The van der Waals surface area contributed by atoms with Crippen molar-refractivity contribution in [2.75, 3.05) is 6.54 Å². The predicted molar refractivity (Wildman–Crippen MR) is 84.2 cm³/mol. The number of aryl methyl sites for hydroxylation is 1. The minimum atomic E-state index is -0.246. The van der Waals surface area contributed by atoms with Crippen molar-refractivity contribution in [3.8, 4) is 0 Å². The summed E-state index contributed by atoms with van der Waals surface area (Å²) in [4.78, 5) is 29.8. The van der Waals surface area contributed by atoms with Gasteiger partial charge in [-0.3, -0.25) is 9.78 Å². The first-order valence-electron chi connectivity index (χ1n) is 7.51. The number of carbonyl (C=O) groups excluding carboxylic acids is 2. The van der Waals surface area contributed by atoms with Gasteiger partial charge in [-0.05, 0) is 44.9 Å². The molecule has 1 fully saturated rings. The van der Waals surface area contributed by atoms with Crippen molar-refractivity contribution in [1.29, 1.82) is 0 Å². The summed E-state index contributed by atoms with van der Waals surface area (Å²) in [5.74, 6) is 0.0859. The second kappa shape index (κ2) is 6.34. The van der Waals surface area contributed by atoms with Gasteiger partial charge >= 0.3 is 6.03 Å². The molecule has 6 nitrogen and oxygen atoms in total. The quantitative estimate of drug-likeness (QED) is 0.890. The Balaban J connectivity index is 1.84. The Morgan fingerprint density at radius 3 is 2.77 bits per heavy atom. The maximum Gasteiger partial charge on any atom is 0.315 e. The molecule has 0 bridgehead atoms. The summed E-state index contributed by atoms with van der Waals surface area (Å²) in [6.45, 7) is 8.96. The number of nitrogens with zero attached hydrogens (tertiary/aromatic N) is 2. The van der Waals surface area contributed by atoms with Crippen LogP contribution in [-0.2, 0) is 11.3 Å². The molecule has 1 aliphatic heterocycles. The zero-order chi connectivity index (χ0) is 16.3. The number of amides is 3. The summed E-state index contributed by atoms with van der Waals surface area (Å²) < 4.78 is 0. The average molecular weight is 304 g/mol. The maximum absolute atomic E-state index is 12.0. The summed E-state index contributed by atoms with van der Waals surface area (Å²) in [7, 11) is 0. The Hall–Kier alpha value is -2.11. The van der Waals surface area contributed by atoms with E-state index in [2.05, 4.69) is 15.6 Å². The highest BCUT2D eigenvalue weighted by molar-refractivity contribution is 5.82. The number of urea groups is 1. The number of likely N-dealkylation sites (tertiary alicyclic amines) is 1. The topological polar surface area (TPSA) is 74.3 Å². The molecule has 0 aromatic carbocycles. The van der Waals surface area contributed by atoms with E-state index >= 15 is 0 Å². The van der Waals surface area contributed by atoms with Gasteiger partial charge in [0.15, 0.2) is 0 Å². The van der Waals surface area contributed by atoms with Crippen molar-refractivity contribution in [1.82, 2.24) is 20.5 Å². The van der Waals surface area contributed by atoms with Gasteiger partial charge in [0.25, 0.3) is 0 Å². The van der Waals surface area contributed by atoms with Crippen LogP contribution in [0.2, 0.25) is 0 Å². The third-order valence-electron chi connectivity index (χ3n) is 3.85. The molecule has 1 aliphatic rings. The Bertz CT molecular complexity index is 566. The molecule has 6 heteroatoms. The zero-order valence-electron chi connectivity index (χ0n) is 13.6. The molecule has 0 saturated carbocycles. The monoisotopic (exact) mass is 304 g/mol. The van der Waals surface area contributed by atoms with E-state index in [1.54, 1.807) is 12.4 Å². The Morgan fingerprint density at radius 2 is 2.18 bits per heavy atom. The molecular weight excluding hydrogens is 280 g/mol. The van der Waals surface area contributed by atoms with Gasteiger partial charge in [-0.15, -0.1) is 0 Å². The Kier molecular flexibility index (Phi) is 4.68. The number of aromatic nitrogens is 1. The molecule has 0 aliphatic carbocycles. The van der Waals surface area contributed by atoms with Crippen molar-refractivity contribution < 1.29 is 9.59 Å². The van der Waals surface area contributed by atoms with Crippen LogP contribution in [0.15, 0.2) is 18.5 Å². The number of rotatable bonds is 3. The van der Waals surface area contributed by atoms with E-state index in [1.165, 1.54) is 0 Å². The summed E-state index contributed by atoms with van der Waals surface area (Å²) in [5.41, 5.74) is 1.86. The molecule has 1 unspecified atom stereocenters. The van der Waals surface area contributed by atoms with Crippen molar-refractivity contribution in [3.63, 3.8) is 0 Å². The fraction of sp³-hybridized carbons (Fsp3) is 0.562. The molecule has 1 atom stereocenters. The number of hydrogen-bond acceptors (Lipinski definition) is 3. The van der Waals surface area contributed by atoms with Crippen LogP contribution in [0.4, 0.5) is 4.79 Å². The van der Waals surface area contributed by atoms with Gasteiger partial charge in [0, 0.05) is 37.4 Å². The molecule has 1 aromatic heterocycles. The van der Waals surface area contributed by atoms with Gasteiger partial charge in [0.1, 0.15) is 0 Å². The highest BCUT2D eigenvalue weighted by atomic mass is 16.2. The molecular formula is C16H24N4O2. The highest BCUT2D eigenvalue weighted by Gasteiger charge is 2.36. The van der Waals surface area contributed by atoms with E-state index < -0.39 is 0 Å². The van der Waals surface area contributed by atoms with Crippen LogP contribution in [0.5, 0.6) is 0 Å². The minimum Gasteiger partial charge on any atom is -0.336 e. The van der Waals surface area contributed by atoms with Gasteiger partial charge in [-0.2, -0.15) is 0 Å². The van der Waals surface area contributed by atoms with Crippen molar-refractivity contribution in [3.05, 3.63) is 29.6 Å². The van der Waals surface area contributed by atoms with Crippen molar-refractivity contribution in [2.24, 2.45) is 0 Å². The molecule has 120 valence electrons. The molecule has 0 spiro atoms. The lowest BCUT2D eigenvalue weighted by Gasteiger charge is -2.32. The first kappa shape index (κ1) is 16.3. The van der Waals surface area contributed by atoms with E-state index in [1.807, 2.05) is 38.7 Å².